The summed E-state index contributed by atoms with van der Waals surface area (Å²) in [5.41, 5.74) is 3.20. The average molecular weight is 363 g/mol. The monoisotopic (exact) mass is 363 g/mol. The van der Waals surface area contributed by atoms with Gasteiger partial charge in [-0.1, -0.05) is 43.3 Å². The quantitative estimate of drug-likeness (QED) is 0.621. The highest BCUT2D eigenvalue weighted by Gasteiger charge is 2.14. The van der Waals surface area contributed by atoms with Gasteiger partial charge in [0.1, 0.15) is 11.6 Å². The molecule has 1 atom stereocenters. The van der Waals surface area contributed by atoms with Gasteiger partial charge >= 0.3 is 0 Å². The summed E-state index contributed by atoms with van der Waals surface area (Å²) >= 11 is 5.43. The van der Waals surface area contributed by atoms with Gasteiger partial charge < -0.3 is 15.4 Å². The van der Waals surface area contributed by atoms with Crippen molar-refractivity contribution < 1.29 is 4.74 Å². The third-order valence-electron chi connectivity index (χ3n) is 4.18. The second-order valence-electron chi connectivity index (χ2n) is 5.88. The van der Waals surface area contributed by atoms with E-state index < -0.39 is 0 Å². The summed E-state index contributed by atoms with van der Waals surface area (Å²) in [5.74, 6) is 1.76. The van der Waals surface area contributed by atoms with E-state index >= 15 is 0 Å². The molecule has 2 N–H and O–H groups in total. The minimum absolute atomic E-state index is 0.164. The highest BCUT2D eigenvalue weighted by atomic mass is 32.1. The Morgan fingerprint density at radius 3 is 2.38 bits per heavy atom. The number of rotatable bonds is 5. The van der Waals surface area contributed by atoms with Crippen molar-refractivity contribution in [3.8, 4) is 5.75 Å². The number of benzene rings is 2. The first kappa shape index (κ1) is 17.9. The maximum Gasteiger partial charge on any atom is 0.176 e. The molecular formula is C21H21N3OS. The van der Waals surface area contributed by atoms with Crippen LogP contribution in [0.25, 0.3) is 0 Å². The second kappa shape index (κ2) is 8.45. The van der Waals surface area contributed by atoms with Crippen LogP contribution in [0.1, 0.15) is 24.0 Å². The summed E-state index contributed by atoms with van der Waals surface area (Å²) in [7, 11) is 1.67. The molecular weight excluding hydrogens is 342 g/mol. The van der Waals surface area contributed by atoms with Crippen LogP contribution in [0.15, 0.2) is 72.9 Å². The van der Waals surface area contributed by atoms with Gasteiger partial charge in [-0.3, -0.25) is 0 Å². The summed E-state index contributed by atoms with van der Waals surface area (Å²) in [6.07, 6.45) is 1.76. The van der Waals surface area contributed by atoms with Crippen LogP contribution < -0.4 is 15.4 Å². The number of hydrogen-bond acceptors (Lipinski definition) is 3. The first-order chi connectivity index (χ1) is 12.7. The number of para-hydroxylation sites is 1. The molecule has 0 aliphatic rings. The van der Waals surface area contributed by atoms with Crippen LogP contribution in [-0.4, -0.2) is 17.2 Å². The third kappa shape index (κ3) is 4.37. The molecule has 0 amide bonds. The minimum Gasteiger partial charge on any atom is -0.497 e. The summed E-state index contributed by atoms with van der Waals surface area (Å²) in [5, 5.41) is 6.90. The lowest BCUT2D eigenvalue weighted by Gasteiger charge is -2.18. The van der Waals surface area contributed by atoms with E-state index in [-0.39, 0.29) is 5.92 Å². The molecule has 26 heavy (non-hydrogen) atoms. The fourth-order valence-corrected chi connectivity index (χ4v) is 2.95. The molecule has 0 aliphatic heterocycles. The van der Waals surface area contributed by atoms with Crippen LogP contribution in [0.5, 0.6) is 5.75 Å². The van der Waals surface area contributed by atoms with Crippen LogP contribution in [-0.2, 0) is 0 Å². The van der Waals surface area contributed by atoms with Crippen molar-refractivity contribution in [1.29, 1.82) is 0 Å². The molecule has 1 unspecified atom stereocenters. The number of hydrogen-bond donors (Lipinski definition) is 2. The third-order valence-corrected chi connectivity index (χ3v) is 4.39. The van der Waals surface area contributed by atoms with Crippen LogP contribution >= 0.6 is 12.2 Å². The molecule has 3 rings (SSSR count). The summed E-state index contributed by atoms with van der Waals surface area (Å²) < 4.78 is 5.24. The SMILES string of the molecule is COc1ccc(C(C)c2cccnc2NC(=S)Nc2ccccc2)cc1. The molecule has 0 saturated heterocycles. The maximum atomic E-state index is 5.43. The number of nitrogens with zero attached hydrogens (tertiary/aromatic N) is 1. The molecule has 0 spiro atoms. The number of pyridine rings is 1. The van der Waals surface area contributed by atoms with E-state index in [2.05, 4.69) is 40.7 Å². The molecule has 0 saturated carbocycles. The van der Waals surface area contributed by atoms with E-state index in [1.165, 1.54) is 5.56 Å². The van der Waals surface area contributed by atoms with Crippen molar-refractivity contribution in [2.24, 2.45) is 0 Å². The van der Waals surface area contributed by atoms with E-state index in [9.17, 15) is 0 Å². The molecule has 132 valence electrons. The lowest BCUT2D eigenvalue weighted by molar-refractivity contribution is 0.414. The van der Waals surface area contributed by atoms with E-state index in [0.717, 1.165) is 22.8 Å². The fourth-order valence-electron chi connectivity index (χ4n) is 2.74. The molecule has 0 aliphatic carbocycles. The normalized spacial score (nSPS) is 11.5. The Kier molecular flexibility index (Phi) is 5.81. The van der Waals surface area contributed by atoms with E-state index in [1.54, 1.807) is 13.3 Å². The molecule has 1 aromatic heterocycles. The summed E-state index contributed by atoms with van der Waals surface area (Å²) in [6, 6.07) is 21.9. The fraction of sp³-hybridized carbons (Fsp3) is 0.143. The van der Waals surface area contributed by atoms with Crippen molar-refractivity contribution in [3.05, 3.63) is 84.1 Å². The molecule has 1 heterocycles. The van der Waals surface area contributed by atoms with Gasteiger partial charge in [0.25, 0.3) is 0 Å². The lowest BCUT2D eigenvalue weighted by atomic mass is 9.93. The minimum atomic E-state index is 0.164. The smallest absolute Gasteiger partial charge is 0.176 e. The van der Waals surface area contributed by atoms with Crippen molar-refractivity contribution in [2.75, 3.05) is 17.7 Å². The molecule has 2 aromatic carbocycles. The molecule has 0 bridgehead atoms. The summed E-state index contributed by atoms with van der Waals surface area (Å²) in [4.78, 5) is 4.48. The van der Waals surface area contributed by atoms with Gasteiger partial charge in [0.15, 0.2) is 5.11 Å². The standard InChI is InChI=1S/C21H21N3OS/c1-15(16-10-12-18(25-2)13-11-16)19-9-6-14-22-20(19)24-21(26)23-17-7-4-3-5-8-17/h3-15H,1-2H3,(H2,22,23,24,26). The van der Waals surface area contributed by atoms with Crippen molar-refractivity contribution in [1.82, 2.24) is 4.98 Å². The van der Waals surface area contributed by atoms with Crippen LogP contribution in [0.4, 0.5) is 11.5 Å². The van der Waals surface area contributed by atoms with E-state index in [1.807, 2.05) is 48.5 Å². The maximum absolute atomic E-state index is 5.43. The number of aromatic nitrogens is 1. The van der Waals surface area contributed by atoms with E-state index in [0.29, 0.717) is 5.11 Å². The Balaban J connectivity index is 1.77. The predicted molar refractivity (Wildman–Crippen MR) is 111 cm³/mol. The van der Waals surface area contributed by atoms with Gasteiger partial charge in [-0.25, -0.2) is 4.98 Å². The van der Waals surface area contributed by atoms with Gasteiger partial charge in [-0.05, 0) is 48.1 Å². The Labute approximate surface area is 159 Å². The van der Waals surface area contributed by atoms with Crippen LogP contribution in [0.3, 0.4) is 0 Å². The zero-order chi connectivity index (χ0) is 18.4. The number of nitrogens with one attached hydrogen (secondary N) is 2. The summed E-state index contributed by atoms with van der Waals surface area (Å²) in [6.45, 7) is 2.15. The van der Waals surface area contributed by atoms with E-state index in [4.69, 9.17) is 17.0 Å². The Bertz CT molecular complexity index is 866. The Morgan fingerprint density at radius 1 is 0.962 bits per heavy atom. The molecule has 4 nitrogen and oxygen atoms in total. The number of thiocarbonyl (C=S) groups is 1. The Morgan fingerprint density at radius 2 is 1.69 bits per heavy atom. The first-order valence-corrected chi connectivity index (χ1v) is 8.80. The van der Waals surface area contributed by atoms with Gasteiger partial charge in [-0.2, -0.15) is 0 Å². The van der Waals surface area contributed by atoms with Gasteiger partial charge in [0, 0.05) is 23.4 Å². The Hall–Kier alpha value is -2.92. The second-order valence-corrected chi connectivity index (χ2v) is 6.29. The topological polar surface area (TPSA) is 46.2 Å². The van der Waals surface area contributed by atoms with Crippen molar-refractivity contribution in [2.45, 2.75) is 12.8 Å². The molecule has 0 radical (unpaired) electrons. The molecule has 3 aromatic rings. The van der Waals surface area contributed by atoms with Gasteiger partial charge in [0.2, 0.25) is 0 Å². The van der Waals surface area contributed by atoms with Crippen molar-refractivity contribution in [3.63, 3.8) is 0 Å². The predicted octanol–water partition coefficient (Wildman–Crippen LogP) is 5.05. The zero-order valence-electron chi connectivity index (χ0n) is 14.8. The van der Waals surface area contributed by atoms with Gasteiger partial charge in [0.05, 0.1) is 7.11 Å². The number of ether oxygens (including phenoxy) is 1. The first-order valence-electron chi connectivity index (χ1n) is 8.39. The van der Waals surface area contributed by atoms with Gasteiger partial charge in [-0.15, -0.1) is 0 Å². The van der Waals surface area contributed by atoms with Crippen LogP contribution in [0, 0.1) is 0 Å². The average Bonchev–Trinajstić information content (AvgIpc) is 2.68. The van der Waals surface area contributed by atoms with Crippen molar-refractivity contribution >= 4 is 28.8 Å². The molecule has 5 heteroatoms. The largest absolute Gasteiger partial charge is 0.497 e. The zero-order valence-corrected chi connectivity index (χ0v) is 15.6. The lowest BCUT2D eigenvalue weighted by Crippen LogP contribution is -2.21. The highest BCUT2D eigenvalue weighted by molar-refractivity contribution is 7.80. The molecule has 0 fully saturated rings. The number of anilines is 2. The van der Waals surface area contributed by atoms with Crippen LogP contribution in [0.2, 0.25) is 0 Å². The number of methoxy groups -OCH3 is 1. The highest BCUT2D eigenvalue weighted by Crippen LogP contribution is 2.29.